The van der Waals surface area contributed by atoms with Gasteiger partial charge in [-0.1, -0.05) is 0 Å². The Bertz CT molecular complexity index is 1190. The maximum atomic E-state index is 13.5. The smallest absolute Gasteiger partial charge is 0.250 e. The molecule has 0 radical (unpaired) electrons. The van der Waals surface area contributed by atoms with E-state index in [0.29, 0.717) is 16.7 Å². The van der Waals surface area contributed by atoms with E-state index in [1.807, 2.05) is 0 Å². The van der Waals surface area contributed by atoms with Gasteiger partial charge in [-0.05, 0) is 31.2 Å². The van der Waals surface area contributed by atoms with E-state index in [4.69, 9.17) is 4.74 Å². The maximum Gasteiger partial charge on any atom is 0.250 e. The predicted octanol–water partition coefficient (Wildman–Crippen LogP) is 3.79. The minimum Gasteiger partial charge on any atom is -0.457 e. The highest BCUT2D eigenvalue weighted by Crippen LogP contribution is 2.36. The second kappa shape index (κ2) is 7.43. The molecular weight excluding hydrogens is 390 g/mol. The van der Waals surface area contributed by atoms with Crippen LogP contribution in [0.25, 0.3) is 11.1 Å². The molecule has 28 heavy (non-hydrogen) atoms. The normalized spacial score (nSPS) is 11.3. The van der Waals surface area contributed by atoms with Gasteiger partial charge in [-0.3, -0.25) is 9.52 Å². The largest absolute Gasteiger partial charge is 0.457 e. The SMILES string of the molecule is Cc1cc(-c2cc(NS(C)(=O)=O)ccc2Oc2cc(F)cc(F)c2)c[nH]c1=O. The monoisotopic (exact) mass is 406 g/mol. The zero-order valence-corrected chi connectivity index (χ0v) is 15.7. The minimum atomic E-state index is -3.52. The molecule has 0 unspecified atom stereocenters. The molecule has 0 bridgehead atoms. The van der Waals surface area contributed by atoms with Gasteiger partial charge in [0.25, 0.3) is 5.56 Å². The first-order valence-electron chi connectivity index (χ1n) is 8.06. The van der Waals surface area contributed by atoms with Gasteiger partial charge in [-0.15, -0.1) is 0 Å². The summed E-state index contributed by atoms with van der Waals surface area (Å²) in [5, 5.41) is 0. The van der Waals surface area contributed by atoms with E-state index in [1.165, 1.54) is 24.4 Å². The lowest BCUT2D eigenvalue weighted by Crippen LogP contribution is -2.10. The Morgan fingerprint density at radius 3 is 2.32 bits per heavy atom. The number of aromatic nitrogens is 1. The van der Waals surface area contributed by atoms with Crippen molar-refractivity contribution in [3.63, 3.8) is 0 Å². The highest BCUT2D eigenvalue weighted by atomic mass is 32.2. The van der Waals surface area contributed by atoms with Gasteiger partial charge in [-0.2, -0.15) is 0 Å². The summed E-state index contributed by atoms with van der Waals surface area (Å²) in [4.78, 5) is 14.2. The Balaban J connectivity index is 2.12. The average molecular weight is 406 g/mol. The molecule has 6 nitrogen and oxygen atoms in total. The van der Waals surface area contributed by atoms with Crippen LogP contribution in [0, 0.1) is 18.6 Å². The third-order valence-corrected chi connectivity index (χ3v) is 4.35. The van der Waals surface area contributed by atoms with Crippen LogP contribution in [0.2, 0.25) is 0 Å². The lowest BCUT2D eigenvalue weighted by atomic mass is 10.0. The van der Waals surface area contributed by atoms with Crippen LogP contribution in [0.5, 0.6) is 11.5 Å². The molecule has 0 saturated carbocycles. The van der Waals surface area contributed by atoms with Gasteiger partial charge in [-0.25, -0.2) is 17.2 Å². The van der Waals surface area contributed by atoms with Crippen LogP contribution < -0.4 is 15.0 Å². The van der Waals surface area contributed by atoms with Crippen LogP contribution in [-0.4, -0.2) is 19.7 Å². The van der Waals surface area contributed by atoms with Crippen LogP contribution in [0.1, 0.15) is 5.56 Å². The summed E-state index contributed by atoms with van der Waals surface area (Å²) in [5.74, 6) is -1.45. The molecule has 0 fully saturated rings. The van der Waals surface area contributed by atoms with E-state index in [9.17, 15) is 22.0 Å². The molecule has 3 aromatic rings. The summed E-state index contributed by atoms with van der Waals surface area (Å²) in [6, 6.07) is 8.77. The quantitative estimate of drug-likeness (QED) is 0.675. The van der Waals surface area contributed by atoms with Gasteiger partial charge in [0.05, 0.1) is 6.26 Å². The molecule has 9 heteroatoms. The molecule has 0 aliphatic heterocycles. The van der Waals surface area contributed by atoms with Crippen molar-refractivity contribution in [1.29, 1.82) is 0 Å². The Hall–Kier alpha value is -3.20. The molecule has 0 aliphatic carbocycles. The zero-order valence-electron chi connectivity index (χ0n) is 14.9. The number of nitrogens with one attached hydrogen (secondary N) is 2. The lowest BCUT2D eigenvalue weighted by molar-refractivity contribution is 0.470. The van der Waals surface area contributed by atoms with E-state index in [-0.39, 0.29) is 22.7 Å². The number of ether oxygens (including phenoxy) is 1. The van der Waals surface area contributed by atoms with E-state index in [0.717, 1.165) is 24.5 Å². The first-order valence-corrected chi connectivity index (χ1v) is 9.95. The Morgan fingerprint density at radius 1 is 1.04 bits per heavy atom. The fourth-order valence-corrected chi connectivity index (χ4v) is 3.14. The molecule has 2 aromatic carbocycles. The summed E-state index contributed by atoms with van der Waals surface area (Å²) in [7, 11) is -3.52. The number of H-pyrrole nitrogens is 1. The number of hydrogen-bond acceptors (Lipinski definition) is 4. The predicted molar refractivity (Wildman–Crippen MR) is 102 cm³/mol. The second-order valence-electron chi connectivity index (χ2n) is 6.19. The van der Waals surface area contributed by atoms with Crippen LogP contribution >= 0.6 is 0 Å². The van der Waals surface area contributed by atoms with Crippen molar-refractivity contribution in [3.05, 3.63) is 76.2 Å². The van der Waals surface area contributed by atoms with Crippen molar-refractivity contribution < 1.29 is 21.9 Å². The molecule has 0 amide bonds. The molecule has 0 spiro atoms. The highest BCUT2D eigenvalue weighted by molar-refractivity contribution is 7.92. The number of benzene rings is 2. The summed E-state index contributed by atoms with van der Waals surface area (Å²) in [6.45, 7) is 1.61. The van der Waals surface area contributed by atoms with Crippen molar-refractivity contribution in [3.8, 4) is 22.6 Å². The van der Waals surface area contributed by atoms with Gasteiger partial charge in [0.15, 0.2) is 0 Å². The number of hydrogen-bond donors (Lipinski definition) is 2. The summed E-state index contributed by atoms with van der Waals surface area (Å²) >= 11 is 0. The minimum absolute atomic E-state index is 0.0660. The summed E-state index contributed by atoms with van der Waals surface area (Å²) in [5.41, 5.74) is 1.36. The van der Waals surface area contributed by atoms with Crippen LogP contribution in [0.4, 0.5) is 14.5 Å². The van der Waals surface area contributed by atoms with Crippen LogP contribution in [0.3, 0.4) is 0 Å². The number of sulfonamides is 1. The van der Waals surface area contributed by atoms with Crippen molar-refractivity contribution in [2.45, 2.75) is 6.92 Å². The fraction of sp³-hybridized carbons (Fsp3) is 0.105. The molecule has 2 N–H and O–H groups in total. The van der Waals surface area contributed by atoms with E-state index >= 15 is 0 Å². The lowest BCUT2D eigenvalue weighted by Gasteiger charge is -2.14. The van der Waals surface area contributed by atoms with Crippen molar-refractivity contribution in [1.82, 2.24) is 4.98 Å². The van der Waals surface area contributed by atoms with Crippen LogP contribution in [0.15, 0.2) is 53.5 Å². The summed E-state index contributed by atoms with van der Waals surface area (Å²) in [6.07, 6.45) is 2.45. The van der Waals surface area contributed by atoms with Gasteiger partial charge < -0.3 is 9.72 Å². The molecule has 3 rings (SSSR count). The molecular formula is C19H16F2N2O4S. The third-order valence-electron chi connectivity index (χ3n) is 3.75. The number of pyridine rings is 1. The topological polar surface area (TPSA) is 88.3 Å². The van der Waals surface area contributed by atoms with Gasteiger partial charge in [0.1, 0.15) is 23.1 Å². The van der Waals surface area contributed by atoms with E-state index < -0.39 is 21.7 Å². The molecule has 1 heterocycles. The third kappa shape index (κ3) is 4.74. The standard InChI is InChI=1S/C19H16F2N2O4S/c1-11-5-12(10-22-19(11)24)17-9-15(23-28(2,25)26)3-4-18(17)27-16-7-13(20)6-14(21)8-16/h3-10,23H,1-2H3,(H,22,24). The number of halogens is 2. The molecule has 146 valence electrons. The van der Waals surface area contributed by atoms with Gasteiger partial charge in [0.2, 0.25) is 10.0 Å². The van der Waals surface area contributed by atoms with Crippen molar-refractivity contribution in [2.24, 2.45) is 0 Å². The van der Waals surface area contributed by atoms with E-state index in [2.05, 4.69) is 9.71 Å². The van der Waals surface area contributed by atoms with Gasteiger partial charge in [0, 0.05) is 46.8 Å². The second-order valence-corrected chi connectivity index (χ2v) is 7.94. The molecule has 0 saturated heterocycles. The zero-order chi connectivity index (χ0) is 20.5. The fourth-order valence-electron chi connectivity index (χ4n) is 2.59. The Morgan fingerprint density at radius 2 is 1.71 bits per heavy atom. The number of rotatable bonds is 5. The Labute approximate surface area is 159 Å². The van der Waals surface area contributed by atoms with Crippen LogP contribution in [-0.2, 0) is 10.0 Å². The molecule has 0 atom stereocenters. The summed E-state index contributed by atoms with van der Waals surface area (Å²) < 4.78 is 58.0. The number of anilines is 1. The first-order chi connectivity index (χ1) is 13.1. The Kier molecular flexibility index (Phi) is 5.19. The van der Waals surface area contributed by atoms with Gasteiger partial charge >= 0.3 is 0 Å². The number of aromatic amines is 1. The molecule has 0 aliphatic rings. The van der Waals surface area contributed by atoms with Crippen molar-refractivity contribution in [2.75, 3.05) is 11.0 Å². The number of aryl methyl sites for hydroxylation is 1. The highest BCUT2D eigenvalue weighted by Gasteiger charge is 2.13. The average Bonchev–Trinajstić information content (AvgIpc) is 2.56. The first kappa shape index (κ1) is 19.6. The molecule has 1 aromatic heterocycles. The van der Waals surface area contributed by atoms with E-state index in [1.54, 1.807) is 13.0 Å². The van der Waals surface area contributed by atoms with Crippen molar-refractivity contribution >= 4 is 15.7 Å². The maximum absolute atomic E-state index is 13.5.